The van der Waals surface area contributed by atoms with Crippen LogP contribution in [0, 0.1) is 20.8 Å². The molecule has 0 unspecified atom stereocenters. The lowest BCUT2D eigenvalue weighted by molar-refractivity contribution is -0.121. The van der Waals surface area contributed by atoms with Crippen LogP contribution >= 0.6 is 0 Å². The van der Waals surface area contributed by atoms with Crippen LogP contribution in [0.15, 0.2) is 24.5 Å². The highest BCUT2D eigenvalue weighted by atomic mass is 16.1. The van der Waals surface area contributed by atoms with Crippen LogP contribution in [-0.4, -0.2) is 20.4 Å². The first kappa shape index (κ1) is 18.2. The Labute approximate surface area is 154 Å². The van der Waals surface area contributed by atoms with Crippen LogP contribution in [0.5, 0.6) is 0 Å². The second kappa shape index (κ2) is 7.36. The maximum absolute atomic E-state index is 12.8. The van der Waals surface area contributed by atoms with Gasteiger partial charge in [0.05, 0.1) is 12.5 Å². The predicted molar refractivity (Wildman–Crippen MR) is 105 cm³/mol. The lowest BCUT2D eigenvalue weighted by Gasteiger charge is -2.18. The van der Waals surface area contributed by atoms with Crippen molar-refractivity contribution in [1.29, 1.82) is 0 Å². The molecule has 0 aliphatic heterocycles. The van der Waals surface area contributed by atoms with Gasteiger partial charge in [0.15, 0.2) is 0 Å². The van der Waals surface area contributed by atoms with Crippen LogP contribution in [0.3, 0.4) is 0 Å². The van der Waals surface area contributed by atoms with Crippen molar-refractivity contribution in [1.82, 2.24) is 19.9 Å². The van der Waals surface area contributed by atoms with Crippen LogP contribution in [0.1, 0.15) is 54.0 Å². The van der Waals surface area contributed by atoms with Gasteiger partial charge in [-0.05, 0) is 43.9 Å². The van der Waals surface area contributed by atoms with Gasteiger partial charge in [-0.2, -0.15) is 0 Å². The largest absolute Gasteiger partial charge is 0.358 e. The monoisotopic (exact) mass is 352 g/mol. The first-order valence-electron chi connectivity index (χ1n) is 9.26. The number of aromatic nitrogens is 3. The zero-order chi connectivity index (χ0) is 18.8. The summed E-state index contributed by atoms with van der Waals surface area (Å²) in [5.41, 5.74) is 5.70. The summed E-state index contributed by atoms with van der Waals surface area (Å²) in [4.78, 5) is 20.7. The van der Waals surface area contributed by atoms with E-state index in [1.807, 2.05) is 24.7 Å². The second-order valence-electron chi connectivity index (χ2n) is 7.16. The number of amides is 1. The van der Waals surface area contributed by atoms with E-state index in [2.05, 4.69) is 48.2 Å². The van der Waals surface area contributed by atoms with Crippen molar-refractivity contribution in [2.45, 2.75) is 53.0 Å². The van der Waals surface area contributed by atoms with Crippen molar-refractivity contribution in [2.75, 3.05) is 0 Å². The minimum absolute atomic E-state index is 0.0383. The van der Waals surface area contributed by atoms with E-state index in [9.17, 15) is 4.79 Å². The highest BCUT2D eigenvalue weighted by Crippen LogP contribution is 2.28. The summed E-state index contributed by atoms with van der Waals surface area (Å²) in [6.07, 6.45) is 5.94. The molecule has 0 aliphatic carbocycles. The van der Waals surface area contributed by atoms with Gasteiger partial charge in [0.1, 0.15) is 5.82 Å². The summed E-state index contributed by atoms with van der Waals surface area (Å²) >= 11 is 0. The van der Waals surface area contributed by atoms with E-state index in [-0.39, 0.29) is 11.9 Å². The number of carbonyl (C=O) groups excluding carboxylic acids is 1. The maximum atomic E-state index is 12.8. The molecule has 138 valence electrons. The molecule has 2 aromatic heterocycles. The number of nitrogens with zero attached hydrogens (tertiary/aromatic N) is 2. The van der Waals surface area contributed by atoms with E-state index in [0.29, 0.717) is 6.42 Å². The van der Waals surface area contributed by atoms with E-state index >= 15 is 0 Å². The molecule has 26 heavy (non-hydrogen) atoms. The van der Waals surface area contributed by atoms with E-state index in [4.69, 9.17) is 0 Å². The highest BCUT2D eigenvalue weighted by Gasteiger charge is 2.20. The number of nitrogens with one attached hydrogen (secondary N) is 2. The zero-order valence-electron chi connectivity index (χ0n) is 16.3. The number of benzene rings is 1. The number of aromatic amines is 1. The number of rotatable bonds is 6. The van der Waals surface area contributed by atoms with Crippen molar-refractivity contribution in [3.63, 3.8) is 0 Å². The molecule has 0 saturated heterocycles. The Morgan fingerprint density at radius 2 is 2.00 bits per heavy atom. The molecule has 0 fully saturated rings. The van der Waals surface area contributed by atoms with Gasteiger partial charge in [0, 0.05) is 36.0 Å². The lowest BCUT2D eigenvalue weighted by Crippen LogP contribution is -2.31. The van der Waals surface area contributed by atoms with E-state index in [1.54, 1.807) is 6.20 Å². The first-order chi connectivity index (χ1) is 12.4. The Morgan fingerprint density at radius 1 is 1.27 bits per heavy atom. The van der Waals surface area contributed by atoms with Gasteiger partial charge in [-0.25, -0.2) is 4.98 Å². The number of aryl methyl sites for hydroxylation is 4. The topological polar surface area (TPSA) is 62.7 Å². The van der Waals surface area contributed by atoms with Gasteiger partial charge in [0.2, 0.25) is 5.91 Å². The minimum Gasteiger partial charge on any atom is -0.358 e. The fourth-order valence-electron chi connectivity index (χ4n) is 3.71. The van der Waals surface area contributed by atoms with Crippen LogP contribution in [0.25, 0.3) is 10.9 Å². The summed E-state index contributed by atoms with van der Waals surface area (Å²) in [6.45, 7) is 8.37. The van der Waals surface area contributed by atoms with E-state index in [0.717, 1.165) is 35.4 Å². The smallest absolute Gasteiger partial charge is 0.225 e. The molecule has 3 aromatic rings. The molecule has 3 rings (SSSR count). The number of hydrogen-bond donors (Lipinski definition) is 2. The minimum atomic E-state index is -0.0548. The fourth-order valence-corrected chi connectivity index (χ4v) is 3.71. The van der Waals surface area contributed by atoms with Crippen molar-refractivity contribution < 1.29 is 4.79 Å². The lowest BCUT2D eigenvalue weighted by atomic mass is 10.0. The summed E-state index contributed by atoms with van der Waals surface area (Å²) in [7, 11) is 1.97. The Kier molecular flexibility index (Phi) is 5.16. The summed E-state index contributed by atoms with van der Waals surface area (Å²) in [5.74, 6) is 0.944. The Hall–Kier alpha value is -2.56. The van der Waals surface area contributed by atoms with Gasteiger partial charge in [-0.1, -0.05) is 25.5 Å². The molecule has 1 atom stereocenters. The van der Waals surface area contributed by atoms with Gasteiger partial charge in [0.25, 0.3) is 0 Å². The highest BCUT2D eigenvalue weighted by molar-refractivity contribution is 5.93. The normalized spacial score (nSPS) is 12.5. The number of hydrogen-bond acceptors (Lipinski definition) is 2. The zero-order valence-corrected chi connectivity index (χ0v) is 16.3. The molecule has 5 heteroatoms. The van der Waals surface area contributed by atoms with Crippen molar-refractivity contribution in [3.8, 4) is 0 Å². The van der Waals surface area contributed by atoms with Gasteiger partial charge < -0.3 is 14.9 Å². The molecule has 1 amide bonds. The molecule has 2 N–H and O–H groups in total. The molecule has 0 radical (unpaired) electrons. The number of imidazole rings is 1. The third-order valence-corrected chi connectivity index (χ3v) is 5.11. The number of fused-ring (bicyclic) bond motifs is 1. The Morgan fingerprint density at radius 3 is 2.65 bits per heavy atom. The molecular formula is C21H28N4O. The molecule has 0 aliphatic rings. The quantitative estimate of drug-likeness (QED) is 0.703. The molecule has 1 aromatic carbocycles. The fraction of sp³-hybridized carbons (Fsp3) is 0.429. The van der Waals surface area contributed by atoms with E-state index in [1.165, 1.54) is 16.5 Å². The average Bonchev–Trinajstić information content (AvgIpc) is 3.15. The van der Waals surface area contributed by atoms with Gasteiger partial charge in [-0.15, -0.1) is 0 Å². The van der Waals surface area contributed by atoms with Crippen LogP contribution < -0.4 is 5.32 Å². The molecule has 0 saturated carbocycles. The number of carbonyl (C=O) groups is 1. The number of H-pyrrole nitrogens is 1. The maximum Gasteiger partial charge on any atom is 0.225 e. The first-order valence-corrected chi connectivity index (χ1v) is 9.26. The van der Waals surface area contributed by atoms with Gasteiger partial charge in [-0.3, -0.25) is 4.79 Å². The van der Waals surface area contributed by atoms with Crippen LogP contribution in [0.4, 0.5) is 0 Å². The van der Waals surface area contributed by atoms with Gasteiger partial charge >= 0.3 is 0 Å². The third-order valence-electron chi connectivity index (χ3n) is 5.11. The standard InChI is InChI=1S/C21H28N4O/c1-6-7-17(21-22-10-11-25(21)5)24-18(26)12-16-15(4)23-20-14(3)9-8-13(2)19(16)20/h8-11,17,23H,6-7,12H2,1-5H3,(H,24,26)/t17-/m0/s1. The Balaban J connectivity index is 1.86. The summed E-state index contributed by atoms with van der Waals surface area (Å²) in [6, 6.07) is 4.19. The van der Waals surface area contributed by atoms with Crippen molar-refractivity contribution in [3.05, 3.63) is 52.7 Å². The summed E-state index contributed by atoms with van der Waals surface area (Å²) < 4.78 is 1.98. The molecule has 0 spiro atoms. The molecular weight excluding hydrogens is 324 g/mol. The molecule has 5 nitrogen and oxygen atoms in total. The predicted octanol–water partition coefficient (Wildman–Crippen LogP) is 4.03. The van der Waals surface area contributed by atoms with Crippen molar-refractivity contribution >= 4 is 16.8 Å². The Bertz CT molecular complexity index is 935. The SMILES string of the molecule is CCC[C@H](NC(=O)Cc1c(C)[nH]c2c(C)ccc(C)c12)c1nccn1C. The molecule has 0 bridgehead atoms. The van der Waals surface area contributed by atoms with Crippen LogP contribution in [0.2, 0.25) is 0 Å². The second-order valence-corrected chi connectivity index (χ2v) is 7.16. The average molecular weight is 352 g/mol. The third kappa shape index (κ3) is 3.39. The molecule has 2 heterocycles. The van der Waals surface area contributed by atoms with Crippen molar-refractivity contribution in [2.24, 2.45) is 7.05 Å². The van der Waals surface area contributed by atoms with E-state index < -0.39 is 0 Å². The summed E-state index contributed by atoms with van der Waals surface area (Å²) in [5, 5.41) is 4.37. The van der Waals surface area contributed by atoms with Crippen LogP contribution in [-0.2, 0) is 18.3 Å².